The number of rotatable bonds is 5. The predicted octanol–water partition coefficient (Wildman–Crippen LogP) is 3.75. The largest absolute Gasteiger partial charge is 0.496 e. The fraction of sp³-hybridized carbons (Fsp3) is 0.562. The second-order valence-corrected chi connectivity index (χ2v) is 5.22. The molecule has 1 aromatic rings. The Balaban J connectivity index is 1.83. The molecular formula is C16H22O4. The number of methoxy groups -OCH3 is 1. The molecule has 0 N–H and O–H groups in total. The van der Waals surface area contributed by atoms with Crippen LogP contribution in [0.5, 0.6) is 5.75 Å². The van der Waals surface area contributed by atoms with Gasteiger partial charge in [-0.25, -0.2) is 4.79 Å². The third kappa shape index (κ3) is 3.73. The summed E-state index contributed by atoms with van der Waals surface area (Å²) in [5.41, 5.74) is 0.386. The predicted molar refractivity (Wildman–Crippen MR) is 75.5 cm³/mol. The highest BCUT2D eigenvalue weighted by Gasteiger charge is 2.23. The third-order valence-corrected chi connectivity index (χ3v) is 3.96. The van der Waals surface area contributed by atoms with E-state index in [0.717, 1.165) is 31.6 Å². The van der Waals surface area contributed by atoms with E-state index in [4.69, 9.17) is 14.5 Å². The van der Waals surface area contributed by atoms with E-state index < -0.39 is 5.97 Å². The van der Waals surface area contributed by atoms with Gasteiger partial charge < -0.3 is 4.74 Å². The summed E-state index contributed by atoms with van der Waals surface area (Å²) in [4.78, 5) is 22.2. The van der Waals surface area contributed by atoms with Crippen LogP contribution in [-0.2, 0) is 9.78 Å². The number of carbonyl (C=O) groups excluding carboxylic acids is 1. The van der Waals surface area contributed by atoms with Crippen molar-refractivity contribution in [2.24, 2.45) is 5.92 Å². The first kappa shape index (κ1) is 14.9. The standard InChI is InChI=1S/C16H22O4/c1-3-12-8-10-13(11-9-12)19-20-16(17)14-6-4-5-7-15(14)18-2/h4-7,12-13H,3,8-11H2,1-2H3. The van der Waals surface area contributed by atoms with E-state index in [0.29, 0.717) is 11.3 Å². The first-order chi connectivity index (χ1) is 9.74. The molecule has 1 aliphatic carbocycles. The van der Waals surface area contributed by atoms with Crippen molar-refractivity contribution >= 4 is 5.97 Å². The van der Waals surface area contributed by atoms with Crippen LogP contribution in [0.1, 0.15) is 49.4 Å². The lowest BCUT2D eigenvalue weighted by Crippen LogP contribution is -2.23. The van der Waals surface area contributed by atoms with Crippen molar-refractivity contribution in [1.29, 1.82) is 0 Å². The Morgan fingerprint density at radius 2 is 1.90 bits per heavy atom. The molecule has 4 nitrogen and oxygen atoms in total. The van der Waals surface area contributed by atoms with Gasteiger partial charge in [0.2, 0.25) is 0 Å². The average molecular weight is 278 g/mol. The van der Waals surface area contributed by atoms with Crippen LogP contribution in [0.2, 0.25) is 0 Å². The highest BCUT2D eigenvalue weighted by atomic mass is 17.2. The lowest BCUT2D eigenvalue weighted by molar-refractivity contribution is -0.280. The van der Waals surface area contributed by atoms with E-state index in [9.17, 15) is 4.79 Å². The molecule has 1 aromatic carbocycles. The molecule has 0 unspecified atom stereocenters. The van der Waals surface area contributed by atoms with Crippen molar-refractivity contribution < 1.29 is 19.3 Å². The summed E-state index contributed by atoms with van der Waals surface area (Å²) in [6, 6.07) is 6.97. The van der Waals surface area contributed by atoms with Crippen LogP contribution in [0.4, 0.5) is 0 Å². The zero-order valence-corrected chi connectivity index (χ0v) is 12.1. The zero-order chi connectivity index (χ0) is 14.4. The van der Waals surface area contributed by atoms with Gasteiger partial charge in [0.15, 0.2) is 0 Å². The minimum Gasteiger partial charge on any atom is -0.496 e. The summed E-state index contributed by atoms with van der Waals surface area (Å²) in [5, 5.41) is 0. The van der Waals surface area contributed by atoms with Crippen molar-refractivity contribution in [2.45, 2.75) is 45.1 Å². The van der Waals surface area contributed by atoms with Crippen LogP contribution in [0.15, 0.2) is 24.3 Å². The maximum atomic E-state index is 12.0. The van der Waals surface area contributed by atoms with E-state index in [1.165, 1.54) is 13.5 Å². The van der Waals surface area contributed by atoms with Crippen molar-refractivity contribution in [2.75, 3.05) is 7.11 Å². The van der Waals surface area contributed by atoms with Gasteiger partial charge in [0.1, 0.15) is 17.4 Å². The zero-order valence-electron chi connectivity index (χ0n) is 12.1. The molecule has 0 spiro atoms. The maximum absolute atomic E-state index is 12.0. The molecule has 0 bridgehead atoms. The lowest BCUT2D eigenvalue weighted by atomic mass is 9.86. The number of hydrogen-bond acceptors (Lipinski definition) is 4. The highest BCUT2D eigenvalue weighted by molar-refractivity contribution is 5.92. The average Bonchev–Trinajstić information content (AvgIpc) is 2.53. The highest BCUT2D eigenvalue weighted by Crippen LogP contribution is 2.28. The molecule has 1 fully saturated rings. The monoisotopic (exact) mass is 278 g/mol. The number of ether oxygens (including phenoxy) is 1. The van der Waals surface area contributed by atoms with Gasteiger partial charge in [-0.15, -0.1) is 0 Å². The third-order valence-electron chi connectivity index (χ3n) is 3.96. The van der Waals surface area contributed by atoms with Crippen LogP contribution >= 0.6 is 0 Å². The van der Waals surface area contributed by atoms with E-state index in [1.807, 2.05) is 6.07 Å². The number of para-hydroxylation sites is 1. The number of benzene rings is 1. The second-order valence-electron chi connectivity index (χ2n) is 5.22. The molecule has 0 aliphatic heterocycles. The Morgan fingerprint density at radius 1 is 1.20 bits per heavy atom. The van der Waals surface area contributed by atoms with Gasteiger partial charge in [-0.05, 0) is 43.7 Å². The van der Waals surface area contributed by atoms with Gasteiger partial charge in [0.05, 0.1) is 7.11 Å². The molecular weight excluding hydrogens is 256 g/mol. The van der Waals surface area contributed by atoms with Gasteiger partial charge >= 0.3 is 5.97 Å². The van der Waals surface area contributed by atoms with Crippen LogP contribution in [-0.4, -0.2) is 19.2 Å². The first-order valence-electron chi connectivity index (χ1n) is 7.25. The second kappa shape index (κ2) is 7.29. The van der Waals surface area contributed by atoms with E-state index in [2.05, 4.69) is 6.92 Å². The molecule has 2 rings (SSSR count). The van der Waals surface area contributed by atoms with Crippen molar-refractivity contribution in [3.8, 4) is 5.75 Å². The van der Waals surface area contributed by atoms with Crippen LogP contribution in [0.3, 0.4) is 0 Å². The van der Waals surface area contributed by atoms with Gasteiger partial charge in [-0.1, -0.05) is 25.5 Å². The molecule has 0 saturated heterocycles. The molecule has 0 aromatic heterocycles. The summed E-state index contributed by atoms with van der Waals surface area (Å²) in [7, 11) is 1.53. The summed E-state index contributed by atoms with van der Waals surface area (Å²) >= 11 is 0. The molecule has 20 heavy (non-hydrogen) atoms. The quantitative estimate of drug-likeness (QED) is 0.608. The van der Waals surface area contributed by atoms with Crippen molar-refractivity contribution in [3.05, 3.63) is 29.8 Å². The Labute approximate surface area is 120 Å². The van der Waals surface area contributed by atoms with Crippen molar-refractivity contribution in [1.82, 2.24) is 0 Å². The summed E-state index contributed by atoms with van der Waals surface area (Å²) in [5.74, 6) is 0.788. The van der Waals surface area contributed by atoms with Crippen molar-refractivity contribution in [3.63, 3.8) is 0 Å². The lowest BCUT2D eigenvalue weighted by Gasteiger charge is -2.26. The SMILES string of the molecule is CCC1CCC(OOC(=O)c2ccccc2OC)CC1. The fourth-order valence-corrected chi connectivity index (χ4v) is 2.61. The number of carbonyl (C=O) groups is 1. The van der Waals surface area contributed by atoms with E-state index in [-0.39, 0.29) is 6.10 Å². The van der Waals surface area contributed by atoms with E-state index >= 15 is 0 Å². The summed E-state index contributed by atoms with van der Waals surface area (Å²) in [6.07, 6.45) is 5.45. The van der Waals surface area contributed by atoms with Gasteiger partial charge in [0.25, 0.3) is 0 Å². The smallest absolute Gasteiger partial charge is 0.376 e. The van der Waals surface area contributed by atoms with Crippen LogP contribution in [0.25, 0.3) is 0 Å². The Bertz CT molecular complexity index is 436. The first-order valence-corrected chi connectivity index (χ1v) is 7.25. The Morgan fingerprint density at radius 3 is 2.55 bits per heavy atom. The van der Waals surface area contributed by atoms with Gasteiger partial charge in [-0.3, -0.25) is 4.89 Å². The summed E-state index contributed by atoms with van der Waals surface area (Å²) < 4.78 is 5.13. The minimum absolute atomic E-state index is 0.0245. The Kier molecular flexibility index (Phi) is 5.41. The molecule has 1 aliphatic rings. The van der Waals surface area contributed by atoms with Gasteiger partial charge in [-0.2, -0.15) is 4.89 Å². The number of hydrogen-bond donors (Lipinski definition) is 0. The topological polar surface area (TPSA) is 44.8 Å². The molecule has 4 heteroatoms. The molecule has 1 saturated carbocycles. The molecule has 0 heterocycles. The van der Waals surface area contributed by atoms with Crippen LogP contribution in [0, 0.1) is 5.92 Å². The fourth-order valence-electron chi connectivity index (χ4n) is 2.61. The molecule has 0 radical (unpaired) electrons. The van der Waals surface area contributed by atoms with Crippen LogP contribution < -0.4 is 4.74 Å². The van der Waals surface area contributed by atoms with E-state index in [1.54, 1.807) is 18.2 Å². The maximum Gasteiger partial charge on any atom is 0.376 e. The Hall–Kier alpha value is -1.55. The van der Waals surface area contributed by atoms with Gasteiger partial charge in [0, 0.05) is 0 Å². The minimum atomic E-state index is -0.500. The molecule has 110 valence electrons. The molecule has 0 amide bonds. The normalized spacial score (nSPS) is 22.3. The molecule has 0 atom stereocenters. The summed E-state index contributed by atoms with van der Waals surface area (Å²) in [6.45, 7) is 2.22.